The number of carbonyl (C=O) groups is 7. The second-order valence-corrected chi connectivity index (χ2v) is 37.0. The van der Waals surface area contributed by atoms with Crippen LogP contribution in [0.4, 0.5) is 48.3 Å². The number of rotatable bonds is 20. The molecule has 760 valence electrons. The van der Waals surface area contributed by atoms with Gasteiger partial charge >= 0.3 is 61.8 Å². The normalized spacial score (nSPS) is 16.5. The molecule has 7 aliphatic rings. The number of halogens is 19. The van der Waals surface area contributed by atoms with Crippen LogP contribution in [-0.4, -0.2) is 146 Å². The van der Waals surface area contributed by atoms with Gasteiger partial charge in [0, 0.05) is 43.0 Å². The van der Waals surface area contributed by atoms with Crippen LogP contribution in [0.25, 0.3) is 5.57 Å². The number of carboxylic acids is 1. The van der Waals surface area contributed by atoms with Gasteiger partial charge in [0.1, 0.15) is 31.8 Å². The number of carbonyl (C=O) groups excluding carboxylic acids is 6. The minimum atomic E-state index is -4.92. The number of esters is 2. The quantitative estimate of drug-likeness (QED) is 0.00709. The number of hydrogen-bond donors (Lipinski definition) is 7. The number of nitrogens with two attached hydrogens (primary N) is 1. The van der Waals surface area contributed by atoms with Crippen molar-refractivity contribution in [3.8, 4) is 0 Å². The van der Waals surface area contributed by atoms with E-state index in [-0.39, 0.29) is 153 Å². The van der Waals surface area contributed by atoms with E-state index in [0.29, 0.717) is 105 Å². The van der Waals surface area contributed by atoms with Gasteiger partial charge in [0.2, 0.25) is 11.8 Å². The number of nitrogens with one attached hydrogen (secondary N) is 4. The van der Waals surface area contributed by atoms with Crippen LogP contribution in [-0.2, 0) is 102 Å². The average Bonchev–Trinajstić information content (AvgIpc) is 1.61. The second kappa shape index (κ2) is 57.5. The van der Waals surface area contributed by atoms with E-state index in [1.165, 1.54) is 91.7 Å². The van der Waals surface area contributed by atoms with Crippen molar-refractivity contribution in [2.75, 3.05) is 47.4 Å². The van der Waals surface area contributed by atoms with Gasteiger partial charge in [-0.05, 0) is 202 Å². The van der Waals surface area contributed by atoms with Crippen molar-refractivity contribution in [1.82, 2.24) is 21.4 Å². The first-order chi connectivity index (χ1) is 60.3. The number of hydrogen-bond acceptors (Lipinski definition) is 24. The van der Waals surface area contributed by atoms with Crippen molar-refractivity contribution >= 4 is 202 Å². The van der Waals surface area contributed by atoms with E-state index in [4.69, 9.17) is 128 Å². The molecular formula is C90H105Cl8F11Li2N8O16S4. The Labute approximate surface area is 878 Å². The van der Waals surface area contributed by atoms with E-state index in [1.54, 1.807) is 12.4 Å². The van der Waals surface area contributed by atoms with E-state index in [0.717, 1.165) is 129 Å². The molecule has 3 aliphatic heterocycles. The molecule has 0 saturated heterocycles. The standard InChI is InChI=1S/C22H20Cl2F3N3O3S.C19H12Cl2F4O3S.C19H16Cl2FNO3S.C18H14Cl2FNO3S.C4H8F2N2O.CH5NO.7CH4.2Li.2H2O/c1-22(10-5-13(23)18(27)14(24)6-10)7-15(30-33-22)19-11-3-2-4-12(11)20(34-19)21(32)29-9-17(31)28-8-16(25)26;1-28-18(27)17-10-4-2-3-9(10)16(29-17)14(26)7-11(19(23,24)25)8-5-12(20)15(22)13(21)6-8;1-19(9-6-12(20)15(22)13(21)7-9)8-14(23-26-19)16-10-4-3-5-11(10)17(27-16)18(24)25-2;1-18(8-5-11(19)14(21)12(20)6-8)7-13(22-25-18)15-9-3-2-4-10(9)16(26-15)17(23)24;5-3(6)2-8-4(9)1-7;1-2-3;;;;;;;;;;;/h5-6,16H,2-4,7-9H2,1H3,(H,28,31)(H,29,32);5-7H,2-4H2,1H3;6-7H,3-5,8H2,1-2H3;5-6H,2-4,7H2,1H3,(H,23,24);3H,1-2,7H2,(H,8,9);2-3H,1H3;7*1H4;;;2*1H2/q;;;;;;;;;;;;;2*+1;;/p-2/b;11-7-;;;;;;;;;;;;;;;. The molecule has 15 rings (SSSR count). The Morgan fingerprint density at radius 2 is 0.741 bits per heavy atom. The molecule has 3 unspecified atom stereocenters. The van der Waals surface area contributed by atoms with Crippen LogP contribution in [0.2, 0.25) is 40.2 Å². The zero-order valence-electron chi connectivity index (χ0n) is 70.7. The van der Waals surface area contributed by atoms with Crippen LogP contribution in [0.1, 0.15) is 247 Å². The van der Waals surface area contributed by atoms with Gasteiger partial charge in [-0.15, -0.1) is 45.3 Å². The van der Waals surface area contributed by atoms with Crippen molar-refractivity contribution in [2.24, 2.45) is 21.2 Å². The molecule has 0 radical (unpaired) electrons. The number of aromatic carboxylic acids is 1. The summed E-state index contributed by atoms with van der Waals surface area (Å²) in [6.45, 7) is 3.46. The number of nitrogens with zero attached hydrogens (tertiary/aromatic N) is 3. The third-order valence-corrected chi connectivity index (χ3v) is 28.2. The van der Waals surface area contributed by atoms with Gasteiger partial charge < -0.3 is 66.9 Å². The number of hydroxylamine groups is 1. The first kappa shape index (κ1) is 134. The van der Waals surface area contributed by atoms with E-state index >= 15 is 0 Å². The molecule has 4 aliphatic carbocycles. The van der Waals surface area contributed by atoms with Crippen molar-refractivity contribution in [1.29, 1.82) is 0 Å². The Balaban J connectivity index is 0. The Kier molecular flexibility index (Phi) is 55.4. The minimum absolute atomic E-state index is 0. The molecule has 0 spiro atoms. The molecule has 4 aromatic carbocycles. The largest absolute Gasteiger partial charge is 1.00 e. The molecule has 49 heteroatoms. The molecular weight excluding hydrogens is 2080 g/mol. The Hall–Kier alpha value is -7.14. The number of allylic oxidation sites excluding steroid dienone is 2. The zero-order chi connectivity index (χ0) is 94.1. The fourth-order valence-corrected chi connectivity index (χ4v) is 21.7. The van der Waals surface area contributed by atoms with E-state index < -0.39 is 135 Å². The summed E-state index contributed by atoms with van der Waals surface area (Å²) in [6.07, 6.45) is 0.991. The van der Waals surface area contributed by atoms with Crippen LogP contribution in [0.3, 0.4) is 0 Å². The number of alkyl halides is 7. The van der Waals surface area contributed by atoms with Crippen LogP contribution >= 0.6 is 138 Å². The van der Waals surface area contributed by atoms with Crippen molar-refractivity contribution in [2.45, 2.75) is 205 Å². The first-order valence-electron chi connectivity index (χ1n) is 38.4. The summed E-state index contributed by atoms with van der Waals surface area (Å²) >= 11 is 51.6. The SMILES string of the molecule is C.C.C.C.C.C.C.CC1(c2cc(Cl)c(F)c(Cl)c2)CC(c2sc(C(=O)NCC(=O)NCC(F)F)c3c2CCC3)=NO1.CC1(c2cc(Cl)c(F)c(Cl)c2)CC(c2sc(C(=O)O)c3c2CCC3)=NO1.CNO.COC(=O)c1sc(C(=O)/C=C(/c2cc(Cl)c(F)c(Cl)c2)C(F)(F)F)c2c1CCC2.COC(=O)c1sc(C2=NOC(C)(c3cc(Cl)c(F)c(Cl)c3)C2)c2c1CCC2.NCC(=O)NCC(F)F.[Li+].[Li+].[OH-].[OH-]. The second-order valence-electron chi connectivity index (χ2n) is 29.6. The van der Waals surface area contributed by atoms with Gasteiger partial charge in [-0.1, -0.05) is 160 Å². The summed E-state index contributed by atoms with van der Waals surface area (Å²) in [5, 5.41) is 34.3. The monoisotopic (exact) mass is 2180 g/mol. The zero-order valence-corrected chi connectivity index (χ0v) is 80.0. The molecule has 24 nitrogen and oxygen atoms in total. The predicted molar refractivity (Wildman–Crippen MR) is 519 cm³/mol. The summed E-state index contributed by atoms with van der Waals surface area (Å²) in [4.78, 5) is 104. The number of fused-ring (bicyclic) bond motifs is 4. The number of ketones is 1. The third kappa shape index (κ3) is 31.5. The predicted octanol–water partition coefficient (Wildman–Crippen LogP) is 19.1. The number of ether oxygens (including phenoxy) is 2. The van der Waals surface area contributed by atoms with E-state index in [1.807, 2.05) is 24.5 Å². The molecule has 0 saturated carbocycles. The van der Waals surface area contributed by atoms with Gasteiger partial charge in [0.15, 0.2) is 45.9 Å². The van der Waals surface area contributed by atoms with E-state index in [9.17, 15) is 87.0 Å². The number of carboxylic acid groups (broad SMARTS) is 1. The maximum absolute atomic E-state index is 13.9. The number of methoxy groups -OCH3 is 2. The van der Waals surface area contributed by atoms with Crippen molar-refractivity contribution in [3.63, 3.8) is 0 Å². The molecule has 3 amide bonds. The Bertz CT molecular complexity index is 5730. The van der Waals surface area contributed by atoms with Gasteiger partial charge in [-0.3, -0.25) is 19.2 Å². The molecule has 0 bridgehead atoms. The van der Waals surface area contributed by atoms with Gasteiger partial charge in [0.25, 0.3) is 18.8 Å². The van der Waals surface area contributed by atoms with Crippen LogP contribution in [0.5, 0.6) is 0 Å². The fraction of sp³-hybridized carbons (Fsp3) is 0.422. The van der Waals surface area contributed by atoms with Crippen molar-refractivity contribution in [3.05, 3.63) is 224 Å². The van der Waals surface area contributed by atoms with Crippen LogP contribution in [0.15, 0.2) is 70.1 Å². The molecule has 3 atom stereocenters. The molecule has 0 fully saturated rings. The van der Waals surface area contributed by atoms with Crippen molar-refractivity contribution < 1.29 is 165 Å². The average molecular weight is 2190 g/mol. The number of amides is 3. The smallest absolute Gasteiger partial charge is 0.870 e. The molecule has 10 N–H and O–H groups in total. The van der Waals surface area contributed by atoms with Gasteiger partial charge in [0.05, 0.1) is 111 Å². The molecule has 8 aromatic rings. The topological polar surface area (TPSA) is 377 Å². The molecule has 139 heavy (non-hydrogen) atoms. The summed E-state index contributed by atoms with van der Waals surface area (Å²) in [6, 6.07) is 10.4. The summed E-state index contributed by atoms with van der Waals surface area (Å²) < 4.78 is 152. The van der Waals surface area contributed by atoms with Crippen LogP contribution in [0, 0.1) is 23.3 Å². The Morgan fingerprint density at radius 1 is 0.468 bits per heavy atom. The third-order valence-electron chi connectivity index (χ3n) is 20.8. The summed E-state index contributed by atoms with van der Waals surface area (Å²) in [5.74, 6) is -7.53. The summed E-state index contributed by atoms with van der Waals surface area (Å²) in [5.41, 5.74) is 13.4. The van der Waals surface area contributed by atoms with Gasteiger partial charge in [-0.25, -0.2) is 55.0 Å². The number of oxime groups is 3. The fourth-order valence-electron chi connectivity index (χ4n) is 14.7. The summed E-state index contributed by atoms with van der Waals surface area (Å²) in [7, 11) is 4.01. The number of thiophene rings is 4. The van der Waals surface area contributed by atoms with Gasteiger partial charge in [-0.2, -0.15) is 13.2 Å². The maximum atomic E-state index is 13.9. The van der Waals surface area contributed by atoms with Crippen LogP contribution < -0.4 is 64.9 Å². The Morgan fingerprint density at radius 3 is 1.05 bits per heavy atom. The minimum Gasteiger partial charge on any atom is -0.870 e. The maximum Gasteiger partial charge on any atom is 1.00 e. The first-order valence-corrected chi connectivity index (χ1v) is 44.7. The number of benzene rings is 4. The van der Waals surface area contributed by atoms with E-state index in [2.05, 4.69) is 20.8 Å². The molecule has 7 heterocycles. The molecule has 4 aromatic heterocycles.